The number of carbonyl (C=O) groups excluding carboxylic acids is 1. The van der Waals surface area contributed by atoms with Crippen LogP contribution in [-0.4, -0.2) is 18.5 Å². The molecule has 0 aromatic heterocycles. The van der Waals surface area contributed by atoms with Crippen LogP contribution >= 0.6 is 23.2 Å². The Morgan fingerprint density at radius 2 is 1.76 bits per heavy atom. The molecule has 0 bridgehead atoms. The zero-order valence-electron chi connectivity index (χ0n) is 22.0. The van der Waals surface area contributed by atoms with Crippen LogP contribution in [0, 0.1) is 4.91 Å². The highest BCUT2D eigenvalue weighted by molar-refractivity contribution is 6.34. The summed E-state index contributed by atoms with van der Waals surface area (Å²) < 4.78 is 12.3. The van der Waals surface area contributed by atoms with E-state index in [4.69, 9.17) is 38.4 Å². The average Bonchev–Trinajstić information content (AvgIpc) is 3.40. The number of nitrogens with two attached hydrogens (primary N) is 1. The van der Waals surface area contributed by atoms with Crippen LogP contribution in [0.1, 0.15) is 24.0 Å². The topological polar surface area (TPSA) is 115 Å². The van der Waals surface area contributed by atoms with E-state index in [0.717, 1.165) is 28.7 Å². The van der Waals surface area contributed by atoms with Gasteiger partial charge in [-0.3, -0.25) is 4.79 Å². The van der Waals surface area contributed by atoms with Crippen LogP contribution in [0.15, 0.2) is 84.0 Å². The monoisotopic (exact) mass is 590 g/mol. The highest BCUT2D eigenvalue weighted by Crippen LogP contribution is 2.38. The second-order valence-electron chi connectivity index (χ2n) is 9.67. The quantitative estimate of drug-likeness (QED) is 0.123. The van der Waals surface area contributed by atoms with Gasteiger partial charge < -0.3 is 25.8 Å². The van der Waals surface area contributed by atoms with Gasteiger partial charge in [0.15, 0.2) is 0 Å². The van der Waals surface area contributed by atoms with Crippen molar-refractivity contribution >= 4 is 46.2 Å². The Morgan fingerprint density at radius 3 is 2.49 bits per heavy atom. The summed E-state index contributed by atoms with van der Waals surface area (Å²) in [5, 5.41) is 10.2. The molecule has 1 fully saturated rings. The van der Waals surface area contributed by atoms with Crippen molar-refractivity contribution < 1.29 is 14.3 Å². The van der Waals surface area contributed by atoms with Crippen molar-refractivity contribution in [3.8, 4) is 22.6 Å². The first-order valence-electron chi connectivity index (χ1n) is 13.1. The fourth-order valence-electron chi connectivity index (χ4n) is 4.59. The average molecular weight is 591 g/mol. The number of hydrogen-bond acceptors (Lipinski definition) is 7. The largest absolute Gasteiger partial charge is 0.487 e. The van der Waals surface area contributed by atoms with Gasteiger partial charge in [0.2, 0.25) is 5.91 Å². The molecule has 1 atom stereocenters. The summed E-state index contributed by atoms with van der Waals surface area (Å²) in [6.07, 6.45) is 1.25. The molecule has 1 amide bonds. The van der Waals surface area contributed by atoms with Gasteiger partial charge in [-0.25, -0.2) is 0 Å². The van der Waals surface area contributed by atoms with E-state index in [0.29, 0.717) is 40.2 Å². The van der Waals surface area contributed by atoms with Gasteiger partial charge in [0.1, 0.15) is 30.4 Å². The normalized spacial score (nSPS) is 14.4. The number of carbonyl (C=O) groups is 1. The number of rotatable bonds is 11. The van der Waals surface area contributed by atoms with Gasteiger partial charge in [0, 0.05) is 36.2 Å². The molecule has 8 nitrogen and oxygen atoms in total. The van der Waals surface area contributed by atoms with Crippen LogP contribution < -0.4 is 25.8 Å². The van der Waals surface area contributed by atoms with Crippen molar-refractivity contribution in [2.75, 3.05) is 17.6 Å². The van der Waals surface area contributed by atoms with Crippen molar-refractivity contribution in [2.24, 2.45) is 5.18 Å². The molecule has 4 aromatic rings. The summed E-state index contributed by atoms with van der Waals surface area (Å²) in [5.74, 6) is 0.951. The Hall–Kier alpha value is -4.27. The van der Waals surface area contributed by atoms with Crippen molar-refractivity contribution in [2.45, 2.75) is 32.1 Å². The van der Waals surface area contributed by atoms with Gasteiger partial charge in [-0.15, -0.1) is 4.91 Å². The number of ether oxygens (including phenoxy) is 2. The van der Waals surface area contributed by atoms with E-state index < -0.39 is 0 Å². The van der Waals surface area contributed by atoms with Crippen molar-refractivity contribution in [1.29, 1.82) is 0 Å². The number of nitrogens with one attached hydrogen (secondary N) is 2. The SMILES string of the molecule is Nc1cc(COc2cc(OCc3cccc(-c4ccccc4)c3Cl)c(Cl)cc2NCC2CCC(=O)N2)ccc1N=O. The Labute approximate surface area is 247 Å². The van der Waals surface area contributed by atoms with Crippen LogP contribution in [0.3, 0.4) is 0 Å². The Balaban J connectivity index is 1.36. The predicted octanol–water partition coefficient (Wildman–Crippen LogP) is 7.49. The molecule has 1 aliphatic heterocycles. The number of nitrogen functional groups attached to an aromatic ring is 1. The van der Waals surface area contributed by atoms with Crippen molar-refractivity contribution in [3.05, 3.63) is 105 Å². The minimum atomic E-state index is 0.00673. The molecular formula is C31H28Cl2N4O4. The fourth-order valence-corrected chi connectivity index (χ4v) is 5.10. The van der Waals surface area contributed by atoms with Gasteiger partial charge in [-0.1, -0.05) is 77.8 Å². The molecule has 1 heterocycles. The molecule has 1 unspecified atom stereocenters. The standard InChI is InChI=1S/C31H28Cl2N4O4/c32-24-14-27(35-16-22-10-12-30(38)36-22)29(40-17-19-9-11-26(37-39)25(34)13-19)15-28(24)41-18-21-7-4-8-23(31(21)33)20-5-2-1-3-6-20/h1-9,11,13-15,22,35H,10,12,16-18,34H2,(H,36,38). The minimum Gasteiger partial charge on any atom is -0.487 e. The predicted molar refractivity (Wildman–Crippen MR) is 163 cm³/mol. The number of hydrogen-bond donors (Lipinski definition) is 3. The first kappa shape index (κ1) is 28.3. The summed E-state index contributed by atoms with van der Waals surface area (Å²) >= 11 is 13.4. The molecule has 4 aromatic carbocycles. The summed E-state index contributed by atoms with van der Waals surface area (Å²) in [7, 11) is 0. The number of benzene rings is 4. The Kier molecular flexibility index (Phi) is 8.91. The van der Waals surface area contributed by atoms with Gasteiger partial charge in [0.25, 0.3) is 0 Å². The van der Waals surface area contributed by atoms with E-state index in [-0.39, 0.29) is 36.5 Å². The lowest BCUT2D eigenvalue weighted by molar-refractivity contribution is -0.119. The van der Waals surface area contributed by atoms with E-state index in [1.807, 2.05) is 48.5 Å². The molecular weight excluding hydrogens is 563 g/mol. The molecule has 5 rings (SSSR count). The maximum absolute atomic E-state index is 11.6. The summed E-state index contributed by atoms with van der Waals surface area (Å²) in [4.78, 5) is 22.5. The number of halogens is 2. The summed E-state index contributed by atoms with van der Waals surface area (Å²) in [5.41, 5.74) is 10.5. The number of amides is 1. The second-order valence-corrected chi connectivity index (χ2v) is 10.5. The molecule has 1 aliphatic rings. The lowest BCUT2D eigenvalue weighted by Crippen LogP contribution is -2.31. The van der Waals surface area contributed by atoms with Crippen LogP contribution in [-0.2, 0) is 18.0 Å². The van der Waals surface area contributed by atoms with Crippen LogP contribution in [0.25, 0.3) is 11.1 Å². The van der Waals surface area contributed by atoms with Gasteiger partial charge >= 0.3 is 0 Å². The maximum Gasteiger partial charge on any atom is 0.220 e. The smallest absolute Gasteiger partial charge is 0.220 e. The fraction of sp³-hybridized carbons (Fsp3) is 0.194. The van der Waals surface area contributed by atoms with Gasteiger partial charge in [-0.05, 0) is 40.9 Å². The Bertz CT molecular complexity index is 1570. The first-order valence-corrected chi connectivity index (χ1v) is 13.8. The van der Waals surface area contributed by atoms with Crippen LogP contribution in [0.5, 0.6) is 11.5 Å². The highest BCUT2D eigenvalue weighted by atomic mass is 35.5. The molecule has 41 heavy (non-hydrogen) atoms. The lowest BCUT2D eigenvalue weighted by atomic mass is 10.0. The third-order valence-electron chi connectivity index (χ3n) is 6.79. The van der Waals surface area contributed by atoms with Gasteiger partial charge in [0.05, 0.1) is 21.4 Å². The van der Waals surface area contributed by atoms with E-state index in [1.54, 1.807) is 30.3 Å². The molecule has 10 heteroatoms. The zero-order valence-corrected chi connectivity index (χ0v) is 23.5. The molecule has 0 saturated carbocycles. The first-order chi connectivity index (χ1) is 19.9. The van der Waals surface area contributed by atoms with E-state index >= 15 is 0 Å². The number of anilines is 2. The minimum absolute atomic E-state index is 0.00673. The Morgan fingerprint density at radius 1 is 0.951 bits per heavy atom. The molecule has 210 valence electrons. The van der Waals surface area contributed by atoms with E-state index in [9.17, 15) is 9.70 Å². The molecule has 0 aliphatic carbocycles. The van der Waals surface area contributed by atoms with Crippen LogP contribution in [0.4, 0.5) is 17.1 Å². The molecule has 0 radical (unpaired) electrons. The summed E-state index contributed by atoms with van der Waals surface area (Å²) in [6.45, 7) is 0.869. The van der Waals surface area contributed by atoms with Crippen molar-refractivity contribution in [1.82, 2.24) is 5.32 Å². The van der Waals surface area contributed by atoms with Gasteiger partial charge in [-0.2, -0.15) is 0 Å². The molecule has 1 saturated heterocycles. The number of nitroso groups, excluding NO2 is 1. The third-order valence-corrected chi connectivity index (χ3v) is 7.53. The van der Waals surface area contributed by atoms with E-state index in [2.05, 4.69) is 15.8 Å². The molecule has 4 N–H and O–H groups in total. The highest BCUT2D eigenvalue weighted by Gasteiger charge is 2.21. The second kappa shape index (κ2) is 12.9. The third kappa shape index (κ3) is 6.90. The van der Waals surface area contributed by atoms with Crippen LogP contribution in [0.2, 0.25) is 10.0 Å². The van der Waals surface area contributed by atoms with Crippen molar-refractivity contribution in [3.63, 3.8) is 0 Å². The summed E-state index contributed by atoms with van der Waals surface area (Å²) in [6, 6.07) is 24.1. The zero-order chi connectivity index (χ0) is 28.8. The molecule has 0 spiro atoms. The maximum atomic E-state index is 11.6. The number of nitrogens with zero attached hydrogens (tertiary/aromatic N) is 1. The van der Waals surface area contributed by atoms with E-state index in [1.165, 1.54) is 0 Å². The lowest BCUT2D eigenvalue weighted by Gasteiger charge is -2.19.